The molecule has 0 unspecified atom stereocenters. The van der Waals surface area contributed by atoms with Gasteiger partial charge in [0.2, 0.25) is 5.91 Å². The van der Waals surface area contributed by atoms with Crippen LogP contribution in [0.4, 0.5) is 5.69 Å². The number of amides is 2. The number of carbonyl (C=O) groups excluding carboxylic acids is 2. The maximum atomic E-state index is 12.2. The molecule has 2 aromatic rings. The number of benzene rings is 2. The Morgan fingerprint density at radius 3 is 2.52 bits per heavy atom. The van der Waals surface area contributed by atoms with E-state index in [1.165, 1.54) is 0 Å². The topological polar surface area (TPSA) is 79.5 Å². The summed E-state index contributed by atoms with van der Waals surface area (Å²) in [5.74, 6) is -0.277. The Kier molecular flexibility index (Phi) is 7.72. The highest BCUT2D eigenvalue weighted by atomic mass is 32.1. The number of thiocarbonyl (C=S) groups is 1. The van der Waals surface area contributed by atoms with Gasteiger partial charge in [-0.3, -0.25) is 9.59 Å². The summed E-state index contributed by atoms with van der Waals surface area (Å²) in [6.45, 7) is 1.29. The normalized spacial score (nSPS) is 15.5. The van der Waals surface area contributed by atoms with Gasteiger partial charge in [-0.2, -0.15) is 0 Å². The third-order valence-corrected chi connectivity index (χ3v) is 4.86. The molecule has 3 rings (SSSR count). The van der Waals surface area contributed by atoms with Crippen molar-refractivity contribution >= 4 is 34.8 Å². The van der Waals surface area contributed by atoms with Crippen molar-refractivity contribution in [1.29, 1.82) is 0 Å². The van der Waals surface area contributed by atoms with Crippen LogP contribution in [0, 0.1) is 0 Å². The number of hydrogen-bond acceptors (Lipinski definition) is 4. The van der Waals surface area contributed by atoms with Crippen LogP contribution in [0.15, 0.2) is 54.6 Å². The second kappa shape index (κ2) is 10.7. The first-order valence-electron chi connectivity index (χ1n) is 9.75. The van der Waals surface area contributed by atoms with Crippen LogP contribution in [0.1, 0.15) is 35.2 Å². The van der Waals surface area contributed by atoms with E-state index < -0.39 is 0 Å². The van der Waals surface area contributed by atoms with E-state index in [1.807, 2.05) is 30.3 Å². The van der Waals surface area contributed by atoms with Crippen LogP contribution in [-0.2, 0) is 16.0 Å². The number of anilines is 1. The van der Waals surface area contributed by atoms with Crippen molar-refractivity contribution in [1.82, 2.24) is 10.6 Å². The maximum Gasteiger partial charge on any atom is 0.251 e. The number of ether oxygens (including phenoxy) is 1. The highest BCUT2D eigenvalue weighted by molar-refractivity contribution is 7.80. The van der Waals surface area contributed by atoms with Gasteiger partial charge in [-0.15, -0.1) is 0 Å². The summed E-state index contributed by atoms with van der Waals surface area (Å²) in [5.41, 5.74) is 2.37. The Hall–Kier alpha value is -2.77. The summed E-state index contributed by atoms with van der Waals surface area (Å²) in [4.78, 5) is 24.2. The molecule has 0 aromatic heterocycles. The van der Waals surface area contributed by atoms with Crippen molar-refractivity contribution in [3.63, 3.8) is 0 Å². The van der Waals surface area contributed by atoms with Crippen LogP contribution in [0.3, 0.4) is 0 Å². The molecule has 0 spiro atoms. The van der Waals surface area contributed by atoms with E-state index in [0.717, 1.165) is 25.0 Å². The van der Waals surface area contributed by atoms with E-state index in [9.17, 15) is 9.59 Å². The van der Waals surface area contributed by atoms with Crippen LogP contribution >= 0.6 is 12.2 Å². The molecule has 0 aliphatic carbocycles. The molecule has 6 nitrogen and oxygen atoms in total. The van der Waals surface area contributed by atoms with Crippen molar-refractivity contribution < 1.29 is 14.3 Å². The third-order valence-electron chi connectivity index (χ3n) is 4.66. The van der Waals surface area contributed by atoms with Crippen molar-refractivity contribution in [3.8, 4) is 0 Å². The minimum Gasteiger partial charge on any atom is -0.376 e. The summed E-state index contributed by atoms with van der Waals surface area (Å²) < 4.78 is 5.50. The first-order valence-corrected chi connectivity index (χ1v) is 10.2. The van der Waals surface area contributed by atoms with Gasteiger partial charge in [0.15, 0.2) is 5.11 Å². The lowest BCUT2D eigenvalue weighted by Gasteiger charge is -2.12. The number of rotatable bonds is 7. The van der Waals surface area contributed by atoms with Gasteiger partial charge in [-0.05, 0) is 61.3 Å². The number of carbonyl (C=O) groups is 2. The van der Waals surface area contributed by atoms with Gasteiger partial charge in [-0.25, -0.2) is 0 Å². The molecule has 1 atom stereocenters. The highest BCUT2D eigenvalue weighted by Crippen LogP contribution is 2.12. The molecule has 0 saturated carbocycles. The predicted octanol–water partition coefficient (Wildman–Crippen LogP) is 3.04. The summed E-state index contributed by atoms with van der Waals surface area (Å²) >= 11 is 5.19. The quantitative estimate of drug-likeness (QED) is 0.611. The van der Waals surface area contributed by atoms with Crippen LogP contribution in [0.5, 0.6) is 0 Å². The van der Waals surface area contributed by atoms with Gasteiger partial charge in [0.05, 0.1) is 6.10 Å². The molecule has 1 saturated heterocycles. The van der Waals surface area contributed by atoms with Crippen molar-refractivity contribution in [2.75, 3.05) is 18.5 Å². The lowest BCUT2D eigenvalue weighted by atomic mass is 10.1. The Morgan fingerprint density at radius 2 is 1.83 bits per heavy atom. The van der Waals surface area contributed by atoms with Gasteiger partial charge in [0, 0.05) is 30.8 Å². The molecule has 29 heavy (non-hydrogen) atoms. The van der Waals surface area contributed by atoms with Crippen LogP contribution in [-0.4, -0.2) is 36.2 Å². The molecule has 2 amide bonds. The van der Waals surface area contributed by atoms with Crippen LogP contribution in [0.25, 0.3) is 0 Å². The molecular weight excluding hydrogens is 386 g/mol. The average molecular weight is 412 g/mol. The molecule has 1 fully saturated rings. The summed E-state index contributed by atoms with van der Waals surface area (Å²) in [5, 5.41) is 8.76. The molecule has 2 aromatic carbocycles. The number of nitrogens with one attached hydrogen (secondary N) is 3. The van der Waals surface area contributed by atoms with E-state index in [2.05, 4.69) is 16.0 Å². The average Bonchev–Trinajstić information content (AvgIpc) is 3.25. The zero-order valence-corrected chi connectivity index (χ0v) is 17.0. The molecule has 7 heteroatoms. The minimum absolute atomic E-state index is 0.114. The van der Waals surface area contributed by atoms with Gasteiger partial charge in [0.25, 0.3) is 5.91 Å². The van der Waals surface area contributed by atoms with Crippen molar-refractivity contribution in [2.45, 2.75) is 31.8 Å². The molecular formula is C22H25N3O3S. The second-order valence-electron chi connectivity index (χ2n) is 6.91. The fraction of sp³-hybridized carbons (Fsp3) is 0.318. The van der Waals surface area contributed by atoms with E-state index in [-0.39, 0.29) is 23.0 Å². The smallest absolute Gasteiger partial charge is 0.251 e. The van der Waals surface area contributed by atoms with Gasteiger partial charge < -0.3 is 20.7 Å². The lowest BCUT2D eigenvalue weighted by Crippen LogP contribution is -2.34. The summed E-state index contributed by atoms with van der Waals surface area (Å²) in [7, 11) is 0. The van der Waals surface area contributed by atoms with Gasteiger partial charge in [-0.1, -0.05) is 30.3 Å². The molecule has 0 radical (unpaired) electrons. The summed E-state index contributed by atoms with van der Waals surface area (Å²) in [6.07, 6.45) is 3.16. The molecule has 152 valence electrons. The molecule has 1 aliphatic heterocycles. The Balaban J connectivity index is 1.40. The Bertz CT molecular complexity index is 834. The first-order chi connectivity index (χ1) is 14.1. The van der Waals surface area contributed by atoms with E-state index in [1.54, 1.807) is 24.3 Å². The second-order valence-corrected chi connectivity index (χ2v) is 7.32. The van der Waals surface area contributed by atoms with Crippen LogP contribution < -0.4 is 16.0 Å². The summed E-state index contributed by atoms with van der Waals surface area (Å²) in [6, 6.07) is 16.8. The third kappa shape index (κ3) is 6.96. The molecule has 3 N–H and O–H groups in total. The van der Waals surface area contributed by atoms with Gasteiger partial charge >= 0.3 is 0 Å². The Morgan fingerprint density at radius 1 is 1.07 bits per heavy atom. The first kappa shape index (κ1) is 21.0. The zero-order chi connectivity index (χ0) is 20.5. The zero-order valence-electron chi connectivity index (χ0n) is 16.1. The van der Waals surface area contributed by atoms with E-state index in [4.69, 9.17) is 17.0 Å². The fourth-order valence-corrected chi connectivity index (χ4v) is 3.30. The standard InChI is InChI=1S/C22H25N3O3S/c26-20(13-8-16-5-2-1-3-6-16)25-22(29)24-18-11-9-17(10-12-18)21(27)23-15-19-7-4-14-28-19/h1-3,5-6,9-12,19H,4,7-8,13-15H2,(H,23,27)(H2,24,25,26,29)/t19-/m0/s1. The SMILES string of the molecule is O=C(CCc1ccccc1)NC(=S)Nc1ccc(C(=O)NC[C@@H]2CCCO2)cc1. The molecule has 0 bridgehead atoms. The fourth-order valence-electron chi connectivity index (χ4n) is 3.07. The maximum absolute atomic E-state index is 12.2. The minimum atomic E-state index is -0.142. The van der Waals surface area contributed by atoms with E-state index >= 15 is 0 Å². The number of aryl methyl sites for hydroxylation is 1. The van der Waals surface area contributed by atoms with Crippen molar-refractivity contribution in [3.05, 3.63) is 65.7 Å². The van der Waals surface area contributed by atoms with E-state index in [0.29, 0.717) is 30.6 Å². The largest absolute Gasteiger partial charge is 0.376 e. The highest BCUT2D eigenvalue weighted by Gasteiger charge is 2.16. The number of hydrogen-bond donors (Lipinski definition) is 3. The van der Waals surface area contributed by atoms with Crippen molar-refractivity contribution in [2.24, 2.45) is 0 Å². The predicted molar refractivity (Wildman–Crippen MR) is 117 cm³/mol. The molecule has 1 aliphatic rings. The molecule has 1 heterocycles. The Labute approximate surface area is 176 Å². The lowest BCUT2D eigenvalue weighted by molar-refractivity contribution is -0.119. The van der Waals surface area contributed by atoms with Crippen LogP contribution in [0.2, 0.25) is 0 Å². The van der Waals surface area contributed by atoms with Gasteiger partial charge in [0.1, 0.15) is 0 Å². The monoisotopic (exact) mass is 411 g/mol.